The summed E-state index contributed by atoms with van der Waals surface area (Å²) in [6.45, 7) is 5.94. The fraction of sp³-hybridized carbons (Fsp3) is 0.130. The summed E-state index contributed by atoms with van der Waals surface area (Å²) in [5.41, 5.74) is 9.27. The lowest BCUT2D eigenvalue weighted by molar-refractivity contribution is 0.0950. The standard InChI is InChI=1S/C23H22N6O/c1-15-9-11-18(12-10-15)14-24-27-23(30)21-13-20(25-26-21)22-16(2)28-29(17(22)3)19-7-5-4-6-8-19/h4-14H,1-3H3,(H,25,26)(H,27,30)/b24-14-. The van der Waals surface area contributed by atoms with Crippen molar-refractivity contribution in [2.45, 2.75) is 20.8 Å². The van der Waals surface area contributed by atoms with Crippen molar-refractivity contribution in [1.29, 1.82) is 0 Å². The molecule has 0 unspecified atom stereocenters. The van der Waals surface area contributed by atoms with Crippen LogP contribution in [0.2, 0.25) is 0 Å². The first kappa shape index (κ1) is 19.3. The molecule has 0 aliphatic carbocycles. The summed E-state index contributed by atoms with van der Waals surface area (Å²) in [6, 6.07) is 19.5. The first-order valence-electron chi connectivity index (χ1n) is 9.60. The lowest BCUT2D eigenvalue weighted by Crippen LogP contribution is -2.17. The first-order valence-corrected chi connectivity index (χ1v) is 9.60. The largest absolute Gasteiger partial charge is 0.289 e. The highest BCUT2D eigenvalue weighted by atomic mass is 16.2. The van der Waals surface area contributed by atoms with Gasteiger partial charge >= 0.3 is 0 Å². The fourth-order valence-electron chi connectivity index (χ4n) is 3.28. The van der Waals surface area contributed by atoms with Gasteiger partial charge in [0.1, 0.15) is 5.69 Å². The predicted molar refractivity (Wildman–Crippen MR) is 117 cm³/mol. The number of benzene rings is 2. The summed E-state index contributed by atoms with van der Waals surface area (Å²) in [5, 5.41) is 15.8. The van der Waals surface area contributed by atoms with Crippen LogP contribution in [0.4, 0.5) is 0 Å². The van der Waals surface area contributed by atoms with E-state index in [2.05, 4.69) is 25.8 Å². The molecule has 7 nitrogen and oxygen atoms in total. The van der Waals surface area contributed by atoms with Crippen LogP contribution in [0.15, 0.2) is 65.8 Å². The van der Waals surface area contributed by atoms with E-state index in [1.165, 1.54) is 5.56 Å². The van der Waals surface area contributed by atoms with Crippen LogP contribution in [0, 0.1) is 20.8 Å². The molecule has 150 valence electrons. The number of rotatable bonds is 5. The number of amides is 1. The van der Waals surface area contributed by atoms with Crippen molar-refractivity contribution >= 4 is 12.1 Å². The molecular weight excluding hydrogens is 376 g/mol. The molecule has 1 amide bonds. The zero-order valence-electron chi connectivity index (χ0n) is 17.0. The molecule has 7 heteroatoms. The minimum atomic E-state index is -0.358. The molecule has 2 aromatic carbocycles. The Morgan fingerprint density at radius 2 is 1.80 bits per heavy atom. The number of hydrogen-bond acceptors (Lipinski definition) is 4. The highest BCUT2D eigenvalue weighted by Gasteiger charge is 2.18. The average molecular weight is 398 g/mol. The fourth-order valence-corrected chi connectivity index (χ4v) is 3.28. The molecule has 0 saturated carbocycles. The zero-order valence-corrected chi connectivity index (χ0v) is 17.0. The molecule has 4 aromatic rings. The molecule has 2 heterocycles. The Kier molecular flexibility index (Phi) is 5.26. The topological polar surface area (TPSA) is 88.0 Å². The molecule has 4 rings (SSSR count). The molecule has 0 spiro atoms. The third-order valence-corrected chi connectivity index (χ3v) is 4.83. The Bertz CT molecular complexity index is 1200. The molecule has 30 heavy (non-hydrogen) atoms. The van der Waals surface area contributed by atoms with E-state index in [4.69, 9.17) is 0 Å². The lowest BCUT2D eigenvalue weighted by atomic mass is 10.1. The number of hydrogen-bond donors (Lipinski definition) is 2. The minimum Gasteiger partial charge on any atom is -0.272 e. The zero-order chi connectivity index (χ0) is 21.1. The highest BCUT2D eigenvalue weighted by Crippen LogP contribution is 2.27. The summed E-state index contributed by atoms with van der Waals surface area (Å²) in [7, 11) is 0. The van der Waals surface area contributed by atoms with E-state index in [9.17, 15) is 4.79 Å². The van der Waals surface area contributed by atoms with Crippen LogP contribution in [0.1, 0.15) is 33.0 Å². The van der Waals surface area contributed by atoms with Crippen LogP contribution < -0.4 is 5.43 Å². The summed E-state index contributed by atoms with van der Waals surface area (Å²) in [5.74, 6) is -0.358. The Labute approximate surface area is 174 Å². The quantitative estimate of drug-likeness (QED) is 0.394. The number of nitrogens with zero attached hydrogens (tertiary/aromatic N) is 4. The van der Waals surface area contributed by atoms with Gasteiger partial charge in [0, 0.05) is 5.56 Å². The second kappa shape index (κ2) is 8.16. The normalized spacial score (nSPS) is 11.2. The molecule has 0 fully saturated rings. The Morgan fingerprint density at radius 1 is 1.07 bits per heavy atom. The van der Waals surface area contributed by atoms with Crippen molar-refractivity contribution in [2.75, 3.05) is 0 Å². The van der Waals surface area contributed by atoms with Crippen molar-refractivity contribution in [3.8, 4) is 16.9 Å². The second-order valence-corrected chi connectivity index (χ2v) is 7.07. The van der Waals surface area contributed by atoms with Crippen molar-refractivity contribution in [3.63, 3.8) is 0 Å². The van der Waals surface area contributed by atoms with Crippen LogP contribution in [-0.2, 0) is 0 Å². The van der Waals surface area contributed by atoms with Crippen LogP contribution in [0.5, 0.6) is 0 Å². The van der Waals surface area contributed by atoms with Crippen molar-refractivity contribution in [2.24, 2.45) is 5.10 Å². The van der Waals surface area contributed by atoms with E-state index in [1.807, 2.05) is 80.1 Å². The van der Waals surface area contributed by atoms with Crippen molar-refractivity contribution in [1.82, 2.24) is 25.4 Å². The molecule has 0 aliphatic heterocycles. The van der Waals surface area contributed by atoms with E-state index >= 15 is 0 Å². The molecular formula is C23H22N6O. The van der Waals surface area contributed by atoms with Gasteiger partial charge in [0.15, 0.2) is 0 Å². The number of aromatic nitrogens is 4. The number of nitrogens with one attached hydrogen (secondary N) is 2. The first-order chi connectivity index (χ1) is 14.5. The van der Waals surface area contributed by atoms with E-state index in [0.29, 0.717) is 11.4 Å². The maximum atomic E-state index is 12.4. The number of hydrazone groups is 1. The number of carbonyl (C=O) groups is 1. The van der Waals surface area contributed by atoms with Gasteiger partial charge in [-0.25, -0.2) is 10.1 Å². The molecule has 2 aromatic heterocycles. The Morgan fingerprint density at radius 3 is 2.53 bits per heavy atom. The molecule has 2 N–H and O–H groups in total. The van der Waals surface area contributed by atoms with Gasteiger partial charge in [0.25, 0.3) is 5.91 Å². The second-order valence-electron chi connectivity index (χ2n) is 7.07. The van der Waals surface area contributed by atoms with Gasteiger partial charge in [0.2, 0.25) is 0 Å². The van der Waals surface area contributed by atoms with Crippen LogP contribution >= 0.6 is 0 Å². The van der Waals surface area contributed by atoms with E-state index in [1.54, 1.807) is 12.3 Å². The number of aryl methyl sites for hydroxylation is 2. The van der Waals surface area contributed by atoms with Crippen molar-refractivity contribution in [3.05, 3.63) is 88.9 Å². The maximum absolute atomic E-state index is 12.4. The van der Waals surface area contributed by atoms with Gasteiger partial charge in [-0.1, -0.05) is 48.0 Å². The monoisotopic (exact) mass is 398 g/mol. The summed E-state index contributed by atoms with van der Waals surface area (Å²) < 4.78 is 1.88. The molecule has 0 saturated heterocycles. The van der Waals surface area contributed by atoms with Gasteiger partial charge < -0.3 is 0 Å². The van der Waals surface area contributed by atoms with E-state index in [-0.39, 0.29) is 5.91 Å². The summed E-state index contributed by atoms with van der Waals surface area (Å²) >= 11 is 0. The van der Waals surface area contributed by atoms with E-state index < -0.39 is 0 Å². The molecule has 0 bridgehead atoms. The number of aromatic amines is 1. The van der Waals surface area contributed by atoms with Gasteiger partial charge in [-0.15, -0.1) is 0 Å². The van der Waals surface area contributed by atoms with Crippen LogP contribution in [0.3, 0.4) is 0 Å². The highest BCUT2D eigenvalue weighted by molar-refractivity contribution is 5.94. The minimum absolute atomic E-state index is 0.331. The number of carbonyl (C=O) groups excluding carboxylic acids is 1. The number of para-hydroxylation sites is 1. The maximum Gasteiger partial charge on any atom is 0.289 e. The smallest absolute Gasteiger partial charge is 0.272 e. The third kappa shape index (κ3) is 3.91. The molecule has 0 aliphatic rings. The van der Waals surface area contributed by atoms with Gasteiger partial charge in [-0.05, 0) is 44.5 Å². The lowest BCUT2D eigenvalue weighted by Gasteiger charge is -2.04. The van der Waals surface area contributed by atoms with Gasteiger partial charge in [-0.3, -0.25) is 9.89 Å². The van der Waals surface area contributed by atoms with Crippen LogP contribution in [-0.4, -0.2) is 32.1 Å². The van der Waals surface area contributed by atoms with Crippen LogP contribution in [0.25, 0.3) is 16.9 Å². The predicted octanol–water partition coefficient (Wildman–Crippen LogP) is 3.95. The molecule has 0 atom stereocenters. The van der Waals surface area contributed by atoms with Gasteiger partial charge in [-0.2, -0.15) is 15.3 Å². The summed E-state index contributed by atoms with van der Waals surface area (Å²) in [4.78, 5) is 12.4. The third-order valence-electron chi connectivity index (χ3n) is 4.83. The SMILES string of the molecule is Cc1ccc(/C=N\NC(=O)c2cc(-c3c(C)nn(-c4ccccc4)c3C)n[nH]2)cc1. The Hall–Kier alpha value is -4.00. The Balaban J connectivity index is 1.52. The number of H-pyrrole nitrogens is 1. The van der Waals surface area contributed by atoms with E-state index in [0.717, 1.165) is 28.2 Å². The summed E-state index contributed by atoms with van der Waals surface area (Å²) in [6.07, 6.45) is 1.60. The molecule has 0 radical (unpaired) electrons. The average Bonchev–Trinajstić information content (AvgIpc) is 3.34. The van der Waals surface area contributed by atoms with Gasteiger partial charge in [0.05, 0.1) is 29.0 Å². The van der Waals surface area contributed by atoms with Crippen molar-refractivity contribution < 1.29 is 4.79 Å².